The Bertz CT molecular complexity index is 1670. The van der Waals surface area contributed by atoms with Crippen LogP contribution < -0.4 is 4.74 Å². The van der Waals surface area contributed by atoms with E-state index in [-0.39, 0.29) is 0 Å². The van der Waals surface area contributed by atoms with Crippen molar-refractivity contribution in [3.63, 3.8) is 0 Å². The number of aromatic nitrogens is 2. The van der Waals surface area contributed by atoms with Crippen molar-refractivity contribution in [3.8, 4) is 22.8 Å². The Hall–Kier alpha value is -4.76. The van der Waals surface area contributed by atoms with Crippen molar-refractivity contribution in [2.24, 2.45) is 0 Å². The summed E-state index contributed by atoms with van der Waals surface area (Å²) >= 11 is 0. The number of fused-ring (bicyclic) bond motifs is 3. The van der Waals surface area contributed by atoms with Gasteiger partial charge < -0.3 is 4.74 Å². The number of nitrogens with zero attached hydrogens (tertiary/aromatic N) is 2. The highest BCUT2D eigenvalue weighted by Crippen LogP contribution is 2.55. The average Bonchev–Trinajstić information content (AvgIpc) is 2.96. The van der Waals surface area contributed by atoms with Crippen LogP contribution in [0.4, 0.5) is 0 Å². The van der Waals surface area contributed by atoms with E-state index in [1.807, 2.05) is 36.5 Å². The number of hydrogen-bond donors (Lipinski definition) is 0. The van der Waals surface area contributed by atoms with Gasteiger partial charge in [-0.1, -0.05) is 91.0 Å². The van der Waals surface area contributed by atoms with Crippen LogP contribution in [-0.2, 0) is 5.41 Å². The van der Waals surface area contributed by atoms with Crippen LogP contribution >= 0.6 is 0 Å². The predicted octanol–water partition coefficient (Wildman–Crippen LogP) is 7.79. The molecule has 1 aromatic heterocycles. The van der Waals surface area contributed by atoms with Crippen molar-refractivity contribution in [2.75, 3.05) is 0 Å². The summed E-state index contributed by atoms with van der Waals surface area (Å²) in [6.07, 6.45) is 1.86. The standard InChI is InChI=1S/C33H22N2O/c1-3-11-24(12-4-1)33(25-13-5-2-6-14-25)26-15-7-10-18-31(26)36-32-20-19-23(21-27(32)33)30-22-34-28-16-8-9-17-29(28)35-30/h1-22H. The molecule has 0 amide bonds. The smallest absolute Gasteiger partial charge is 0.132 e. The minimum absolute atomic E-state index is 0.549. The molecule has 0 saturated carbocycles. The van der Waals surface area contributed by atoms with E-state index < -0.39 is 5.41 Å². The van der Waals surface area contributed by atoms with Crippen LogP contribution in [0.15, 0.2) is 134 Å². The lowest BCUT2D eigenvalue weighted by Crippen LogP contribution is -2.34. The molecule has 3 nitrogen and oxygen atoms in total. The maximum absolute atomic E-state index is 6.50. The van der Waals surface area contributed by atoms with Crippen LogP contribution in [0.25, 0.3) is 22.3 Å². The zero-order valence-corrected chi connectivity index (χ0v) is 19.5. The van der Waals surface area contributed by atoms with E-state index >= 15 is 0 Å². The Labute approximate surface area is 209 Å². The summed E-state index contributed by atoms with van der Waals surface area (Å²) in [5.74, 6) is 1.72. The molecule has 0 radical (unpaired) electrons. The van der Waals surface area contributed by atoms with Gasteiger partial charge in [0.2, 0.25) is 0 Å². The summed E-state index contributed by atoms with van der Waals surface area (Å²) < 4.78 is 6.50. The van der Waals surface area contributed by atoms with Gasteiger partial charge in [0.25, 0.3) is 0 Å². The summed E-state index contributed by atoms with van der Waals surface area (Å²) in [4.78, 5) is 9.59. The number of rotatable bonds is 3. The minimum Gasteiger partial charge on any atom is -0.457 e. The van der Waals surface area contributed by atoms with E-state index in [0.717, 1.165) is 44.9 Å². The third-order valence-electron chi connectivity index (χ3n) is 7.05. The first-order chi connectivity index (χ1) is 17.8. The second-order valence-electron chi connectivity index (χ2n) is 9.04. The average molecular weight is 463 g/mol. The molecule has 0 atom stereocenters. The van der Waals surface area contributed by atoms with Gasteiger partial charge in [0.1, 0.15) is 11.5 Å². The van der Waals surface area contributed by atoms with E-state index in [9.17, 15) is 0 Å². The third kappa shape index (κ3) is 3.06. The van der Waals surface area contributed by atoms with Crippen LogP contribution in [-0.4, -0.2) is 9.97 Å². The molecule has 5 aromatic carbocycles. The zero-order valence-electron chi connectivity index (χ0n) is 19.5. The highest BCUT2D eigenvalue weighted by atomic mass is 16.5. The molecule has 0 unspecified atom stereocenters. The van der Waals surface area contributed by atoms with Gasteiger partial charge >= 0.3 is 0 Å². The van der Waals surface area contributed by atoms with Crippen LogP contribution in [0.3, 0.4) is 0 Å². The molecule has 7 rings (SSSR count). The normalized spacial score (nSPS) is 13.4. The molecule has 0 N–H and O–H groups in total. The fourth-order valence-corrected chi connectivity index (χ4v) is 5.46. The van der Waals surface area contributed by atoms with Gasteiger partial charge in [-0.3, -0.25) is 4.98 Å². The van der Waals surface area contributed by atoms with Gasteiger partial charge in [0.15, 0.2) is 0 Å². The summed E-state index contributed by atoms with van der Waals surface area (Å²) in [6.45, 7) is 0. The van der Waals surface area contributed by atoms with Gasteiger partial charge in [-0.05, 0) is 47.5 Å². The molecular formula is C33H22N2O. The lowest BCUT2D eigenvalue weighted by atomic mass is 9.63. The predicted molar refractivity (Wildman–Crippen MR) is 143 cm³/mol. The first-order valence-electron chi connectivity index (χ1n) is 12.1. The van der Waals surface area contributed by atoms with E-state index in [4.69, 9.17) is 9.72 Å². The van der Waals surface area contributed by atoms with Crippen molar-refractivity contribution in [2.45, 2.75) is 5.41 Å². The monoisotopic (exact) mass is 462 g/mol. The fraction of sp³-hybridized carbons (Fsp3) is 0.0303. The fourth-order valence-electron chi connectivity index (χ4n) is 5.46. The van der Waals surface area contributed by atoms with Crippen molar-refractivity contribution < 1.29 is 4.74 Å². The second-order valence-corrected chi connectivity index (χ2v) is 9.04. The Kier molecular flexibility index (Phi) is 4.68. The van der Waals surface area contributed by atoms with E-state index in [2.05, 4.69) is 102 Å². The molecule has 6 aromatic rings. The number of ether oxygens (including phenoxy) is 1. The van der Waals surface area contributed by atoms with Crippen LogP contribution in [0.1, 0.15) is 22.3 Å². The molecule has 2 heterocycles. The van der Waals surface area contributed by atoms with Crippen molar-refractivity contribution in [1.29, 1.82) is 0 Å². The van der Waals surface area contributed by atoms with E-state index in [1.165, 1.54) is 11.1 Å². The van der Waals surface area contributed by atoms with Gasteiger partial charge in [-0.25, -0.2) is 4.98 Å². The first-order valence-corrected chi connectivity index (χ1v) is 12.1. The van der Waals surface area contributed by atoms with E-state index in [0.29, 0.717) is 0 Å². The Morgan fingerprint density at radius 2 is 1.14 bits per heavy atom. The number of para-hydroxylation sites is 3. The molecule has 1 aliphatic rings. The first kappa shape index (κ1) is 20.6. The van der Waals surface area contributed by atoms with Crippen LogP contribution in [0.2, 0.25) is 0 Å². The van der Waals surface area contributed by atoms with E-state index in [1.54, 1.807) is 0 Å². The molecule has 170 valence electrons. The molecule has 0 bridgehead atoms. The minimum atomic E-state index is -0.549. The van der Waals surface area contributed by atoms with Gasteiger partial charge in [-0.15, -0.1) is 0 Å². The van der Waals surface area contributed by atoms with Crippen molar-refractivity contribution in [3.05, 3.63) is 156 Å². The third-order valence-corrected chi connectivity index (χ3v) is 7.05. The molecule has 0 spiro atoms. The largest absolute Gasteiger partial charge is 0.457 e. The molecule has 0 aliphatic carbocycles. The maximum atomic E-state index is 6.50. The lowest BCUT2D eigenvalue weighted by Gasteiger charge is -2.41. The second kappa shape index (κ2) is 8.17. The van der Waals surface area contributed by atoms with Gasteiger partial charge in [0.05, 0.1) is 28.3 Å². The lowest BCUT2D eigenvalue weighted by molar-refractivity contribution is 0.434. The maximum Gasteiger partial charge on any atom is 0.132 e. The molecule has 3 heteroatoms. The number of benzene rings is 5. The quantitative estimate of drug-likeness (QED) is 0.269. The SMILES string of the molecule is c1ccc(C2(c3ccccc3)c3ccccc3Oc3ccc(-c4cnc5ccccc5n4)cc32)cc1. The Morgan fingerprint density at radius 1 is 0.528 bits per heavy atom. The molecule has 0 saturated heterocycles. The summed E-state index contributed by atoms with van der Waals surface area (Å²) in [5, 5.41) is 0. The summed E-state index contributed by atoms with van der Waals surface area (Å²) in [6, 6.07) is 44.1. The molecule has 1 aliphatic heterocycles. The number of hydrogen-bond acceptors (Lipinski definition) is 3. The van der Waals surface area contributed by atoms with Crippen molar-refractivity contribution in [1.82, 2.24) is 9.97 Å². The Morgan fingerprint density at radius 3 is 1.89 bits per heavy atom. The molecule has 36 heavy (non-hydrogen) atoms. The highest BCUT2D eigenvalue weighted by molar-refractivity contribution is 5.78. The van der Waals surface area contributed by atoms with Gasteiger partial charge in [-0.2, -0.15) is 0 Å². The van der Waals surface area contributed by atoms with Crippen LogP contribution in [0, 0.1) is 0 Å². The zero-order chi connectivity index (χ0) is 24.0. The molecular weight excluding hydrogens is 440 g/mol. The Balaban J connectivity index is 1.55. The highest BCUT2D eigenvalue weighted by Gasteiger charge is 2.45. The van der Waals surface area contributed by atoms with Crippen molar-refractivity contribution >= 4 is 11.0 Å². The van der Waals surface area contributed by atoms with Crippen LogP contribution in [0.5, 0.6) is 11.5 Å². The molecule has 0 fully saturated rings. The van der Waals surface area contributed by atoms with Gasteiger partial charge in [0, 0.05) is 16.7 Å². The summed E-state index contributed by atoms with van der Waals surface area (Å²) in [5.41, 5.74) is 7.66. The summed E-state index contributed by atoms with van der Waals surface area (Å²) in [7, 11) is 0. The topological polar surface area (TPSA) is 35.0 Å².